The molecule has 0 saturated carbocycles. The van der Waals surface area contributed by atoms with Crippen molar-refractivity contribution >= 4 is 53.1 Å². The number of hydrogen-bond acceptors (Lipinski definition) is 4. The van der Waals surface area contributed by atoms with Crippen LogP contribution in [0.3, 0.4) is 0 Å². The largest absolute Gasteiger partial charge is 0.489 e. The number of carbonyl (C=O) groups is 2. The number of aryl methyl sites for hydroxylation is 1. The monoisotopic (exact) mass is 474 g/mol. The summed E-state index contributed by atoms with van der Waals surface area (Å²) in [5.74, 6) is -0.0904. The second-order valence-corrected chi connectivity index (χ2v) is 7.88. The van der Waals surface area contributed by atoms with Crippen molar-refractivity contribution in [2.75, 3.05) is 31.5 Å². The second-order valence-electron chi connectivity index (χ2n) is 7.13. The Kier molecular flexibility index (Phi) is 8.43. The number of aromatic nitrogens is 1. The number of benzene rings is 1. The summed E-state index contributed by atoms with van der Waals surface area (Å²) in [4.78, 5) is 30.2. The Bertz CT molecular complexity index is 924. The number of nitrogens with one attached hydrogen (secondary N) is 3. The molecular formula is C20H25Cl3N4O3. The predicted octanol–water partition coefficient (Wildman–Crippen LogP) is 4.14. The van der Waals surface area contributed by atoms with E-state index in [1.165, 1.54) is 0 Å². The number of rotatable bonds is 5. The van der Waals surface area contributed by atoms with Crippen molar-refractivity contribution in [3.8, 4) is 5.75 Å². The SMILES string of the molecule is Cc1[nH]c(C(=O)Nc2ccc(C(=O)N3CCNCC3)cc2OC(C)C)c(Cl)c1Cl.Cl. The van der Waals surface area contributed by atoms with Crippen LogP contribution in [0, 0.1) is 6.92 Å². The van der Waals surface area contributed by atoms with Gasteiger partial charge in [0.15, 0.2) is 0 Å². The third-order valence-electron chi connectivity index (χ3n) is 4.52. The Morgan fingerprint density at radius 3 is 2.40 bits per heavy atom. The van der Waals surface area contributed by atoms with E-state index in [9.17, 15) is 9.59 Å². The van der Waals surface area contributed by atoms with E-state index < -0.39 is 5.91 Å². The fraction of sp³-hybridized carbons (Fsp3) is 0.400. The topological polar surface area (TPSA) is 86.5 Å². The maximum atomic E-state index is 12.8. The number of hydrogen-bond donors (Lipinski definition) is 3. The third kappa shape index (κ3) is 5.40. The Hall–Kier alpha value is -1.93. The highest BCUT2D eigenvalue weighted by atomic mass is 35.5. The van der Waals surface area contributed by atoms with Gasteiger partial charge >= 0.3 is 0 Å². The molecule has 0 unspecified atom stereocenters. The summed E-state index contributed by atoms with van der Waals surface area (Å²) in [6.07, 6.45) is -0.138. The van der Waals surface area contributed by atoms with Crippen molar-refractivity contribution in [1.29, 1.82) is 0 Å². The first-order chi connectivity index (χ1) is 13.8. The molecule has 3 N–H and O–H groups in total. The van der Waals surface area contributed by atoms with Gasteiger partial charge < -0.3 is 25.3 Å². The number of piperazine rings is 1. The van der Waals surface area contributed by atoms with Gasteiger partial charge in [0.05, 0.1) is 21.8 Å². The molecule has 0 aliphatic carbocycles. The zero-order valence-electron chi connectivity index (χ0n) is 17.0. The normalized spacial score (nSPS) is 13.7. The Morgan fingerprint density at radius 1 is 1.17 bits per heavy atom. The summed E-state index contributed by atoms with van der Waals surface area (Å²) in [5, 5.41) is 6.49. The van der Waals surface area contributed by atoms with Gasteiger partial charge in [0, 0.05) is 37.4 Å². The van der Waals surface area contributed by atoms with Crippen LogP contribution in [0.15, 0.2) is 18.2 Å². The molecule has 0 radical (unpaired) electrons. The lowest BCUT2D eigenvalue weighted by molar-refractivity contribution is 0.0735. The molecule has 1 saturated heterocycles. The molecule has 1 fully saturated rings. The maximum Gasteiger partial charge on any atom is 0.273 e. The molecule has 1 aromatic carbocycles. The molecule has 2 aromatic rings. The number of carbonyl (C=O) groups excluding carboxylic acids is 2. The van der Waals surface area contributed by atoms with Crippen LogP contribution in [-0.4, -0.2) is 54.0 Å². The summed E-state index contributed by atoms with van der Waals surface area (Å²) >= 11 is 12.2. The van der Waals surface area contributed by atoms with Gasteiger partial charge in [-0.1, -0.05) is 23.2 Å². The minimum atomic E-state index is -0.445. The fourth-order valence-electron chi connectivity index (χ4n) is 3.07. The Labute approximate surface area is 191 Å². The summed E-state index contributed by atoms with van der Waals surface area (Å²) in [7, 11) is 0. The van der Waals surface area contributed by atoms with Crippen molar-refractivity contribution < 1.29 is 14.3 Å². The molecule has 164 valence electrons. The summed E-state index contributed by atoms with van der Waals surface area (Å²) < 4.78 is 5.85. The molecule has 1 aliphatic rings. The van der Waals surface area contributed by atoms with Gasteiger partial charge in [-0.3, -0.25) is 9.59 Å². The first kappa shape index (κ1) is 24.3. The van der Waals surface area contributed by atoms with Crippen LogP contribution in [0.1, 0.15) is 40.4 Å². The Balaban J connectivity index is 0.00000320. The molecule has 1 aliphatic heterocycles. The van der Waals surface area contributed by atoms with Crippen molar-refractivity contribution in [1.82, 2.24) is 15.2 Å². The lowest BCUT2D eigenvalue weighted by atomic mass is 10.1. The number of halogens is 3. The van der Waals surface area contributed by atoms with Gasteiger partial charge in [0.2, 0.25) is 0 Å². The summed E-state index contributed by atoms with van der Waals surface area (Å²) in [5.41, 5.74) is 1.74. The van der Waals surface area contributed by atoms with E-state index >= 15 is 0 Å². The van der Waals surface area contributed by atoms with Crippen LogP contribution >= 0.6 is 35.6 Å². The smallest absolute Gasteiger partial charge is 0.273 e. The van der Waals surface area contributed by atoms with Crippen LogP contribution < -0.4 is 15.4 Å². The van der Waals surface area contributed by atoms with E-state index in [1.807, 2.05) is 13.8 Å². The molecule has 0 atom stereocenters. The molecule has 10 heteroatoms. The highest BCUT2D eigenvalue weighted by Crippen LogP contribution is 2.32. The van der Waals surface area contributed by atoms with Crippen molar-refractivity contribution in [2.45, 2.75) is 26.9 Å². The average Bonchev–Trinajstić information content (AvgIpc) is 2.96. The first-order valence-electron chi connectivity index (χ1n) is 9.43. The van der Waals surface area contributed by atoms with E-state index in [2.05, 4.69) is 15.6 Å². The molecule has 1 aromatic heterocycles. The molecule has 0 spiro atoms. The van der Waals surface area contributed by atoms with Gasteiger partial charge in [-0.2, -0.15) is 0 Å². The summed E-state index contributed by atoms with van der Waals surface area (Å²) in [6.45, 7) is 8.34. The van der Waals surface area contributed by atoms with E-state index in [0.29, 0.717) is 40.8 Å². The van der Waals surface area contributed by atoms with Crippen molar-refractivity contribution in [2.24, 2.45) is 0 Å². The van der Waals surface area contributed by atoms with E-state index in [1.54, 1.807) is 30.0 Å². The van der Waals surface area contributed by atoms with Crippen LogP contribution in [0.5, 0.6) is 5.75 Å². The molecular weight excluding hydrogens is 451 g/mol. The molecule has 0 bridgehead atoms. The number of amides is 2. The quantitative estimate of drug-likeness (QED) is 0.607. The average molecular weight is 476 g/mol. The number of ether oxygens (including phenoxy) is 1. The molecule has 7 nitrogen and oxygen atoms in total. The van der Waals surface area contributed by atoms with Gasteiger partial charge in [-0.05, 0) is 39.0 Å². The number of aromatic amines is 1. The zero-order chi connectivity index (χ0) is 21.1. The van der Waals surface area contributed by atoms with Crippen molar-refractivity contribution in [3.63, 3.8) is 0 Å². The lowest BCUT2D eigenvalue weighted by Gasteiger charge is -2.27. The first-order valence-corrected chi connectivity index (χ1v) is 10.2. The number of H-pyrrole nitrogens is 1. The minimum absolute atomic E-state index is 0. The predicted molar refractivity (Wildman–Crippen MR) is 122 cm³/mol. The Morgan fingerprint density at radius 2 is 1.83 bits per heavy atom. The van der Waals surface area contributed by atoms with Crippen LogP contribution in [0.4, 0.5) is 5.69 Å². The number of nitrogens with zero attached hydrogens (tertiary/aromatic N) is 1. The third-order valence-corrected chi connectivity index (χ3v) is 5.47. The fourth-order valence-corrected chi connectivity index (χ4v) is 3.49. The standard InChI is InChI=1S/C20H24Cl2N4O3.ClH/c1-11(2)29-15-10-13(20(28)26-8-6-23-7-9-26)4-5-14(15)25-19(27)18-17(22)16(21)12(3)24-18;/h4-5,10-11,23-24H,6-9H2,1-3H3,(H,25,27);1H. The van der Waals surface area contributed by atoms with Crippen molar-refractivity contribution in [3.05, 3.63) is 45.2 Å². The van der Waals surface area contributed by atoms with Crippen LogP contribution in [0.25, 0.3) is 0 Å². The molecule has 3 rings (SSSR count). The van der Waals surface area contributed by atoms with Gasteiger partial charge in [-0.15, -0.1) is 12.4 Å². The van der Waals surface area contributed by atoms with Gasteiger partial charge in [0.25, 0.3) is 11.8 Å². The van der Waals surface area contributed by atoms with E-state index in [0.717, 1.165) is 13.1 Å². The van der Waals surface area contributed by atoms with Crippen LogP contribution in [0.2, 0.25) is 10.0 Å². The minimum Gasteiger partial charge on any atom is -0.489 e. The van der Waals surface area contributed by atoms with Crippen LogP contribution in [-0.2, 0) is 0 Å². The van der Waals surface area contributed by atoms with Gasteiger partial charge in [-0.25, -0.2) is 0 Å². The molecule has 2 heterocycles. The molecule has 30 heavy (non-hydrogen) atoms. The number of anilines is 1. The highest BCUT2D eigenvalue weighted by molar-refractivity contribution is 6.44. The summed E-state index contributed by atoms with van der Waals surface area (Å²) in [6, 6.07) is 5.01. The zero-order valence-corrected chi connectivity index (χ0v) is 19.3. The molecule has 2 amide bonds. The lowest BCUT2D eigenvalue weighted by Crippen LogP contribution is -2.46. The maximum absolute atomic E-state index is 12.8. The van der Waals surface area contributed by atoms with Gasteiger partial charge in [0.1, 0.15) is 11.4 Å². The second kappa shape index (κ2) is 10.4. The highest BCUT2D eigenvalue weighted by Gasteiger charge is 2.22. The van der Waals surface area contributed by atoms with E-state index in [4.69, 9.17) is 27.9 Å². The van der Waals surface area contributed by atoms with E-state index in [-0.39, 0.29) is 35.1 Å².